The minimum absolute atomic E-state index is 0.124. The summed E-state index contributed by atoms with van der Waals surface area (Å²) >= 11 is 0. The second kappa shape index (κ2) is 5.44. The third kappa shape index (κ3) is 2.78. The van der Waals surface area contributed by atoms with Gasteiger partial charge in [-0.25, -0.2) is 5.84 Å². The molecule has 1 unspecified atom stereocenters. The molecule has 0 bridgehead atoms. The Morgan fingerprint density at radius 1 is 1.63 bits per heavy atom. The van der Waals surface area contributed by atoms with Crippen molar-refractivity contribution in [1.82, 2.24) is 10.3 Å². The lowest BCUT2D eigenvalue weighted by atomic mass is 9.95. The third-order valence-corrected chi connectivity index (χ3v) is 3.63. The van der Waals surface area contributed by atoms with Crippen molar-refractivity contribution in [1.29, 1.82) is 0 Å². The van der Waals surface area contributed by atoms with Gasteiger partial charge in [-0.1, -0.05) is 13.8 Å². The van der Waals surface area contributed by atoms with Crippen LogP contribution in [0.4, 0.5) is 0 Å². The molecule has 1 aromatic rings. The van der Waals surface area contributed by atoms with Crippen molar-refractivity contribution < 1.29 is 14.0 Å². The Balaban J connectivity index is 2.08. The number of nitrogens with zero attached hydrogens (tertiary/aromatic N) is 1. The van der Waals surface area contributed by atoms with E-state index >= 15 is 0 Å². The molecule has 6 heteroatoms. The monoisotopic (exact) mass is 265 g/mol. The number of carbonyl (C=O) groups excluding carboxylic acids is 2. The van der Waals surface area contributed by atoms with Crippen molar-refractivity contribution >= 4 is 11.8 Å². The summed E-state index contributed by atoms with van der Waals surface area (Å²) in [7, 11) is 0. The van der Waals surface area contributed by atoms with E-state index in [0.717, 1.165) is 6.54 Å². The van der Waals surface area contributed by atoms with Crippen LogP contribution in [0.25, 0.3) is 0 Å². The maximum Gasteiger partial charge on any atom is 0.301 e. The van der Waals surface area contributed by atoms with Gasteiger partial charge in [0.2, 0.25) is 5.91 Å². The molecule has 3 N–H and O–H groups in total. The normalized spacial score (nSPS) is 19.3. The molecule has 6 nitrogen and oxygen atoms in total. The fraction of sp³-hybridized carbons (Fsp3) is 0.538. The molecule has 1 aliphatic heterocycles. The second-order valence-electron chi connectivity index (χ2n) is 5.23. The van der Waals surface area contributed by atoms with Crippen molar-refractivity contribution in [3.05, 3.63) is 23.7 Å². The Morgan fingerprint density at radius 3 is 2.95 bits per heavy atom. The number of furan rings is 1. The molecule has 0 spiro atoms. The zero-order chi connectivity index (χ0) is 14.0. The van der Waals surface area contributed by atoms with Crippen LogP contribution in [-0.4, -0.2) is 23.3 Å². The quantitative estimate of drug-likeness (QED) is 0.480. The van der Waals surface area contributed by atoms with E-state index in [0.29, 0.717) is 30.4 Å². The number of hydrogen-bond acceptors (Lipinski definition) is 4. The molecule has 1 fully saturated rings. The number of hydrazine groups is 1. The maximum atomic E-state index is 11.9. The number of rotatable bonds is 4. The van der Waals surface area contributed by atoms with Gasteiger partial charge < -0.3 is 9.32 Å². The van der Waals surface area contributed by atoms with Crippen LogP contribution in [0.5, 0.6) is 0 Å². The van der Waals surface area contributed by atoms with E-state index in [1.807, 2.05) is 5.43 Å². The molecule has 2 amide bonds. The van der Waals surface area contributed by atoms with Crippen LogP contribution < -0.4 is 11.3 Å². The second-order valence-corrected chi connectivity index (χ2v) is 5.23. The summed E-state index contributed by atoms with van der Waals surface area (Å²) in [6, 6.07) is 1.69. The average Bonchev–Trinajstić information content (AvgIpc) is 2.97. The first-order valence-electron chi connectivity index (χ1n) is 6.38. The number of amides is 2. The topological polar surface area (TPSA) is 88.6 Å². The zero-order valence-electron chi connectivity index (χ0n) is 11.2. The Labute approximate surface area is 111 Å². The SMILES string of the molecule is CC(C)C1CC(=O)N(Cc2ccoc2C(=O)NN)C1. The van der Waals surface area contributed by atoms with Gasteiger partial charge in [0.15, 0.2) is 5.76 Å². The Morgan fingerprint density at radius 2 is 2.37 bits per heavy atom. The fourth-order valence-electron chi connectivity index (χ4n) is 2.33. The molecule has 1 atom stereocenters. The third-order valence-electron chi connectivity index (χ3n) is 3.63. The molecule has 1 aromatic heterocycles. The van der Waals surface area contributed by atoms with Crippen molar-refractivity contribution in [2.24, 2.45) is 17.7 Å². The van der Waals surface area contributed by atoms with Crippen molar-refractivity contribution in [2.45, 2.75) is 26.8 Å². The largest absolute Gasteiger partial charge is 0.459 e. The lowest BCUT2D eigenvalue weighted by molar-refractivity contribution is -0.128. The van der Waals surface area contributed by atoms with Crippen molar-refractivity contribution in [3.63, 3.8) is 0 Å². The summed E-state index contributed by atoms with van der Waals surface area (Å²) in [5.74, 6) is 5.76. The summed E-state index contributed by atoms with van der Waals surface area (Å²) < 4.78 is 5.11. The molecule has 0 aromatic carbocycles. The van der Waals surface area contributed by atoms with Gasteiger partial charge in [-0.15, -0.1) is 0 Å². The molecule has 104 valence electrons. The fourth-order valence-corrected chi connectivity index (χ4v) is 2.33. The number of carbonyl (C=O) groups is 2. The summed E-state index contributed by atoms with van der Waals surface area (Å²) in [6.07, 6.45) is 2.01. The van der Waals surface area contributed by atoms with Crippen LogP contribution in [0, 0.1) is 11.8 Å². The zero-order valence-corrected chi connectivity index (χ0v) is 11.2. The van der Waals surface area contributed by atoms with Gasteiger partial charge in [-0.05, 0) is 17.9 Å². The molecule has 1 saturated heterocycles. The highest BCUT2D eigenvalue weighted by Crippen LogP contribution is 2.26. The first-order valence-corrected chi connectivity index (χ1v) is 6.38. The smallest absolute Gasteiger partial charge is 0.301 e. The Hall–Kier alpha value is -1.82. The van der Waals surface area contributed by atoms with Crippen LogP contribution in [0.1, 0.15) is 36.4 Å². The van der Waals surface area contributed by atoms with Gasteiger partial charge in [0.1, 0.15) is 0 Å². The van der Waals surface area contributed by atoms with E-state index < -0.39 is 5.91 Å². The molecule has 0 aliphatic carbocycles. The Bertz CT molecular complexity index is 481. The minimum atomic E-state index is -0.480. The van der Waals surface area contributed by atoms with E-state index in [1.54, 1.807) is 11.0 Å². The number of nitrogen functional groups attached to an aromatic ring is 1. The van der Waals surface area contributed by atoms with Crippen LogP contribution in [-0.2, 0) is 11.3 Å². The van der Waals surface area contributed by atoms with Crippen LogP contribution in [0.3, 0.4) is 0 Å². The number of hydrogen-bond donors (Lipinski definition) is 2. The summed E-state index contributed by atoms with van der Waals surface area (Å²) in [5.41, 5.74) is 2.72. The predicted octanol–water partition coefficient (Wildman–Crippen LogP) is 0.888. The standard InChI is InChI=1S/C13H19N3O3/c1-8(2)10-5-11(17)16(7-10)6-9-3-4-19-12(9)13(18)15-14/h3-4,8,10H,5-7,14H2,1-2H3,(H,15,18). The highest BCUT2D eigenvalue weighted by atomic mass is 16.3. The molecule has 0 saturated carbocycles. The number of nitrogens with one attached hydrogen (secondary N) is 1. The van der Waals surface area contributed by atoms with Gasteiger partial charge in [0, 0.05) is 25.1 Å². The Kier molecular flexibility index (Phi) is 3.90. The highest BCUT2D eigenvalue weighted by Gasteiger charge is 2.32. The van der Waals surface area contributed by atoms with Gasteiger partial charge in [0.25, 0.3) is 0 Å². The maximum absolute atomic E-state index is 11.9. The van der Waals surface area contributed by atoms with Gasteiger partial charge >= 0.3 is 5.91 Å². The average molecular weight is 265 g/mol. The van der Waals surface area contributed by atoms with E-state index in [4.69, 9.17) is 10.3 Å². The summed E-state index contributed by atoms with van der Waals surface area (Å²) in [6.45, 7) is 5.35. The summed E-state index contributed by atoms with van der Waals surface area (Å²) in [5, 5.41) is 0. The predicted molar refractivity (Wildman–Crippen MR) is 68.7 cm³/mol. The summed E-state index contributed by atoms with van der Waals surface area (Å²) in [4.78, 5) is 25.2. The van der Waals surface area contributed by atoms with Crippen molar-refractivity contribution in [2.75, 3.05) is 6.54 Å². The van der Waals surface area contributed by atoms with E-state index in [-0.39, 0.29) is 11.7 Å². The molecule has 2 rings (SSSR count). The molecule has 2 heterocycles. The molecule has 1 aliphatic rings. The van der Waals surface area contributed by atoms with Gasteiger partial charge in [0.05, 0.1) is 6.26 Å². The van der Waals surface area contributed by atoms with Crippen LogP contribution in [0.2, 0.25) is 0 Å². The van der Waals surface area contributed by atoms with E-state index in [2.05, 4.69) is 13.8 Å². The molecular formula is C13H19N3O3. The highest BCUT2D eigenvalue weighted by molar-refractivity contribution is 5.92. The molecule has 19 heavy (non-hydrogen) atoms. The van der Waals surface area contributed by atoms with Gasteiger partial charge in [-0.2, -0.15) is 0 Å². The van der Waals surface area contributed by atoms with Crippen molar-refractivity contribution in [3.8, 4) is 0 Å². The first kappa shape index (κ1) is 13.6. The number of likely N-dealkylation sites (tertiary alicyclic amines) is 1. The minimum Gasteiger partial charge on any atom is -0.459 e. The lowest BCUT2D eigenvalue weighted by Gasteiger charge is -2.17. The van der Waals surface area contributed by atoms with E-state index in [1.165, 1.54) is 6.26 Å². The first-order chi connectivity index (χ1) is 9.02. The lowest BCUT2D eigenvalue weighted by Crippen LogP contribution is -2.31. The van der Waals surface area contributed by atoms with Gasteiger partial charge in [-0.3, -0.25) is 15.0 Å². The van der Waals surface area contributed by atoms with Crippen LogP contribution >= 0.6 is 0 Å². The van der Waals surface area contributed by atoms with Crippen LogP contribution in [0.15, 0.2) is 16.7 Å². The molecular weight excluding hydrogens is 246 g/mol. The van der Waals surface area contributed by atoms with E-state index in [9.17, 15) is 9.59 Å². The number of nitrogens with two attached hydrogens (primary N) is 1. The molecule has 0 radical (unpaired) electrons.